The standard InChI is InChI=1S/C11H9NO5S/c13-7-3-1-2-6(4-7)12-10(16)8(5-9(14)15)18-11(12)17/h1-4,8,13H,5H2,(H,14,15)/t8-/m0/s1. The molecule has 2 rings (SSSR count). The van der Waals surface area contributed by atoms with Crippen molar-refractivity contribution in [1.82, 2.24) is 0 Å². The number of hydrogen-bond acceptors (Lipinski definition) is 5. The number of carbonyl (C=O) groups excluding carboxylic acids is 2. The van der Waals surface area contributed by atoms with Crippen molar-refractivity contribution >= 4 is 34.6 Å². The van der Waals surface area contributed by atoms with Crippen LogP contribution in [0.15, 0.2) is 24.3 Å². The molecule has 1 atom stereocenters. The first kappa shape index (κ1) is 12.4. The summed E-state index contributed by atoms with van der Waals surface area (Å²) in [4.78, 5) is 35.0. The quantitative estimate of drug-likeness (QED) is 0.860. The second kappa shape index (κ2) is 4.69. The number of carboxylic acid groups (broad SMARTS) is 1. The lowest BCUT2D eigenvalue weighted by Gasteiger charge is -2.13. The highest BCUT2D eigenvalue weighted by atomic mass is 32.2. The Kier molecular flexibility index (Phi) is 3.24. The Bertz CT molecular complexity index is 530. The van der Waals surface area contributed by atoms with Gasteiger partial charge in [-0.3, -0.25) is 14.4 Å². The van der Waals surface area contributed by atoms with Crippen molar-refractivity contribution in [2.24, 2.45) is 0 Å². The predicted octanol–water partition coefficient (Wildman–Crippen LogP) is 1.44. The van der Waals surface area contributed by atoms with Crippen molar-refractivity contribution in [3.8, 4) is 5.75 Å². The predicted molar refractivity (Wildman–Crippen MR) is 64.6 cm³/mol. The van der Waals surface area contributed by atoms with Crippen LogP contribution in [-0.4, -0.2) is 32.6 Å². The molecule has 1 aromatic rings. The van der Waals surface area contributed by atoms with Crippen LogP contribution in [0, 0.1) is 0 Å². The minimum absolute atomic E-state index is 0.0696. The molecular formula is C11H9NO5S. The van der Waals surface area contributed by atoms with E-state index in [4.69, 9.17) is 5.11 Å². The van der Waals surface area contributed by atoms with Crippen LogP contribution in [0.2, 0.25) is 0 Å². The number of phenolic OH excluding ortho intramolecular Hbond substituents is 1. The number of rotatable bonds is 3. The maximum atomic E-state index is 11.9. The topological polar surface area (TPSA) is 94.9 Å². The van der Waals surface area contributed by atoms with Crippen LogP contribution in [-0.2, 0) is 9.59 Å². The third-order valence-electron chi connectivity index (χ3n) is 2.37. The molecule has 1 fully saturated rings. The summed E-state index contributed by atoms with van der Waals surface area (Å²) in [6.07, 6.45) is -0.398. The van der Waals surface area contributed by atoms with E-state index in [0.717, 1.165) is 4.90 Å². The van der Waals surface area contributed by atoms with Crippen LogP contribution in [0.4, 0.5) is 10.5 Å². The van der Waals surface area contributed by atoms with E-state index in [1.54, 1.807) is 0 Å². The third kappa shape index (κ3) is 2.30. The second-order valence-electron chi connectivity index (χ2n) is 3.66. The number of imide groups is 1. The minimum Gasteiger partial charge on any atom is -0.508 e. The Morgan fingerprint density at radius 2 is 2.11 bits per heavy atom. The lowest BCUT2D eigenvalue weighted by Crippen LogP contribution is -2.32. The van der Waals surface area contributed by atoms with E-state index < -0.39 is 28.8 Å². The molecule has 0 aliphatic carbocycles. The number of benzene rings is 1. The molecule has 7 heteroatoms. The molecule has 2 N–H and O–H groups in total. The number of carbonyl (C=O) groups is 3. The summed E-state index contributed by atoms with van der Waals surface area (Å²) in [6.45, 7) is 0. The van der Waals surface area contributed by atoms with Gasteiger partial charge in [0.05, 0.1) is 12.1 Å². The smallest absolute Gasteiger partial charge is 0.305 e. The van der Waals surface area contributed by atoms with Gasteiger partial charge in [-0.05, 0) is 23.9 Å². The lowest BCUT2D eigenvalue weighted by molar-refractivity contribution is -0.138. The first-order valence-corrected chi connectivity index (χ1v) is 5.92. The van der Waals surface area contributed by atoms with Gasteiger partial charge in [0.2, 0.25) is 5.91 Å². The Morgan fingerprint density at radius 1 is 1.39 bits per heavy atom. The number of aliphatic carboxylic acids is 1. The van der Waals surface area contributed by atoms with E-state index in [2.05, 4.69) is 0 Å². The Morgan fingerprint density at radius 3 is 2.72 bits per heavy atom. The molecule has 1 aromatic carbocycles. The minimum atomic E-state index is -1.13. The number of thioether (sulfide) groups is 1. The van der Waals surface area contributed by atoms with Gasteiger partial charge >= 0.3 is 5.97 Å². The van der Waals surface area contributed by atoms with Crippen LogP contribution >= 0.6 is 11.8 Å². The molecule has 1 aliphatic rings. The highest BCUT2D eigenvalue weighted by Gasteiger charge is 2.41. The molecule has 18 heavy (non-hydrogen) atoms. The maximum absolute atomic E-state index is 11.9. The van der Waals surface area contributed by atoms with Crippen molar-refractivity contribution in [2.75, 3.05) is 4.90 Å². The fraction of sp³-hybridized carbons (Fsp3) is 0.182. The normalized spacial score (nSPS) is 19.3. The Labute approximate surface area is 106 Å². The average molecular weight is 267 g/mol. The summed E-state index contributed by atoms with van der Waals surface area (Å²) in [5.41, 5.74) is 0.241. The van der Waals surface area contributed by atoms with Gasteiger partial charge < -0.3 is 10.2 Å². The van der Waals surface area contributed by atoms with Crippen molar-refractivity contribution in [3.05, 3.63) is 24.3 Å². The average Bonchev–Trinajstić information content (AvgIpc) is 2.53. The summed E-state index contributed by atoms with van der Waals surface area (Å²) in [7, 11) is 0. The van der Waals surface area contributed by atoms with Gasteiger partial charge in [0.15, 0.2) is 0 Å². The number of amides is 2. The van der Waals surface area contributed by atoms with Crippen molar-refractivity contribution in [1.29, 1.82) is 0 Å². The summed E-state index contributed by atoms with van der Waals surface area (Å²) < 4.78 is 0. The van der Waals surface area contributed by atoms with Crippen molar-refractivity contribution in [3.63, 3.8) is 0 Å². The third-order valence-corrected chi connectivity index (χ3v) is 3.41. The summed E-state index contributed by atoms with van der Waals surface area (Å²) in [5, 5.41) is 16.5. The fourth-order valence-electron chi connectivity index (χ4n) is 1.61. The molecule has 94 valence electrons. The highest BCUT2D eigenvalue weighted by molar-refractivity contribution is 8.15. The molecule has 0 aromatic heterocycles. The van der Waals surface area contributed by atoms with E-state index in [0.29, 0.717) is 11.8 Å². The van der Waals surface area contributed by atoms with Gasteiger partial charge in [-0.15, -0.1) is 0 Å². The Hall–Kier alpha value is -2.02. The van der Waals surface area contributed by atoms with E-state index in [9.17, 15) is 19.5 Å². The molecule has 0 radical (unpaired) electrons. The van der Waals surface area contributed by atoms with E-state index in [-0.39, 0.29) is 11.4 Å². The van der Waals surface area contributed by atoms with Crippen molar-refractivity contribution < 1.29 is 24.6 Å². The van der Waals surface area contributed by atoms with Gasteiger partial charge in [0.1, 0.15) is 11.0 Å². The second-order valence-corrected chi connectivity index (χ2v) is 4.82. The number of hydrogen-bond donors (Lipinski definition) is 2. The zero-order chi connectivity index (χ0) is 13.3. The van der Waals surface area contributed by atoms with Crippen molar-refractivity contribution in [2.45, 2.75) is 11.7 Å². The molecule has 2 amide bonds. The van der Waals surface area contributed by atoms with Crippen LogP contribution in [0.1, 0.15) is 6.42 Å². The lowest BCUT2D eigenvalue weighted by atomic mass is 10.2. The van der Waals surface area contributed by atoms with E-state index in [1.807, 2.05) is 0 Å². The largest absolute Gasteiger partial charge is 0.508 e. The molecule has 0 saturated carbocycles. The molecule has 1 aliphatic heterocycles. The number of aromatic hydroxyl groups is 1. The van der Waals surface area contributed by atoms with Crippen LogP contribution in [0.25, 0.3) is 0 Å². The monoisotopic (exact) mass is 267 g/mol. The zero-order valence-corrected chi connectivity index (χ0v) is 9.88. The number of nitrogens with zero attached hydrogens (tertiary/aromatic N) is 1. The van der Waals surface area contributed by atoms with E-state index in [1.165, 1.54) is 24.3 Å². The SMILES string of the molecule is O=C(O)C[C@@H]1SC(=O)N(c2cccc(O)c2)C1=O. The van der Waals surface area contributed by atoms with Crippen LogP contribution in [0.5, 0.6) is 5.75 Å². The highest BCUT2D eigenvalue weighted by Crippen LogP contribution is 2.34. The summed E-state index contributed by atoms with van der Waals surface area (Å²) >= 11 is 0.686. The summed E-state index contributed by atoms with van der Waals surface area (Å²) in [5.74, 6) is -1.77. The first-order chi connectivity index (χ1) is 8.49. The molecule has 0 bridgehead atoms. The maximum Gasteiger partial charge on any atom is 0.305 e. The Balaban J connectivity index is 2.27. The van der Waals surface area contributed by atoms with Gasteiger partial charge in [-0.25, -0.2) is 4.90 Å². The number of anilines is 1. The summed E-state index contributed by atoms with van der Waals surface area (Å²) in [6, 6.07) is 5.69. The molecular weight excluding hydrogens is 258 g/mol. The molecule has 1 heterocycles. The molecule has 0 spiro atoms. The molecule has 0 unspecified atom stereocenters. The number of carboxylic acids is 1. The number of phenols is 1. The van der Waals surface area contributed by atoms with Gasteiger partial charge in [-0.1, -0.05) is 6.07 Å². The molecule has 1 saturated heterocycles. The van der Waals surface area contributed by atoms with Gasteiger partial charge in [0, 0.05) is 6.07 Å². The van der Waals surface area contributed by atoms with Crippen LogP contribution in [0.3, 0.4) is 0 Å². The van der Waals surface area contributed by atoms with Gasteiger partial charge in [0.25, 0.3) is 5.24 Å². The molecule has 6 nitrogen and oxygen atoms in total. The fourth-order valence-corrected chi connectivity index (χ4v) is 2.59. The van der Waals surface area contributed by atoms with Gasteiger partial charge in [-0.2, -0.15) is 0 Å². The first-order valence-electron chi connectivity index (χ1n) is 5.04. The van der Waals surface area contributed by atoms with Crippen LogP contribution < -0.4 is 4.90 Å². The zero-order valence-electron chi connectivity index (χ0n) is 9.07. The van der Waals surface area contributed by atoms with E-state index >= 15 is 0 Å².